The normalized spacial score (nSPS) is 13.4. The first kappa shape index (κ1) is 23.9. The highest BCUT2D eigenvalue weighted by atomic mass is 16.1. The van der Waals surface area contributed by atoms with E-state index in [-0.39, 0.29) is 22.4 Å². The van der Waals surface area contributed by atoms with Gasteiger partial charge in [0.25, 0.3) is 0 Å². The van der Waals surface area contributed by atoms with Gasteiger partial charge in [0, 0.05) is 22.3 Å². The van der Waals surface area contributed by atoms with Gasteiger partial charge in [0.05, 0.1) is 0 Å². The maximum absolute atomic E-state index is 13.5. The fourth-order valence-corrected chi connectivity index (χ4v) is 4.92. The molecule has 0 atom stereocenters. The van der Waals surface area contributed by atoms with Crippen LogP contribution in [0.1, 0.15) is 84.5 Å². The molecule has 0 saturated carbocycles. The Labute approximate surface area is 214 Å². The zero-order valence-electron chi connectivity index (χ0n) is 21.9. The van der Waals surface area contributed by atoms with Crippen molar-refractivity contribution in [2.75, 3.05) is 0 Å². The van der Waals surface area contributed by atoms with Crippen LogP contribution < -0.4 is 0 Å². The van der Waals surface area contributed by atoms with Gasteiger partial charge < -0.3 is 0 Å². The van der Waals surface area contributed by atoms with Gasteiger partial charge in [-0.2, -0.15) is 0 Å². The van der Waals surface area contributed by atoms with Crippen molar-refractivity contribution >= 4 is 11.6 Å². The molecular formula is C34H32O2. The molecule has 5 rings (SSSR count). The molecule has 0 bridgehead atoms. The molecule has 180 valence electrons. The summed E-state index contributed by atoms with van der Waals surface area (Å²) >= 11 is 0. The van der Waals surface area contributed by atoms with Crippen molar-refractivity contribution in [3.05, 3.63) is 118 Å². The first-order valence-corrected chi connectivity index (χ1v) is 12.5. The maximum Gasteiger partial charge on any atom is 0.194 e. The van der Waals surface area contributed by atoms with Crippen molar-refractivity contribution in [1.29, 1.82) is 0 Å². The van der Waals surface area contributed by atoms with E-state index in [1.165, 1.54) is 11.1 Å². The third kappa shape index (κ3) is 4.11. The van der Waals surface area contributed by atoms with Crippen molar-refractivity contribution in [3.8, 4) is 22.3 Å². The summed E-state index contributed by atoms with van der Waals surface area (Å²) in [7, 11) is 0. The number of hydrogen-bond donors (Lipinski definition) is 0. The monoisotopic (exact) mass is 472 g/mol. The summed E-state index contributed by atoms with van der Waals surface area (Å²) in [5.74, 6) is -0.190. The molecule has 0 heterocycles. The molecule has 1 aliphatic rings. The van der Waals surface area contributed by atoms with Gasteiger partial charge in [-0.3, -0.25) is 9.59 Å². The van der Waals surface area contributed by atoms with Gasteiger partial charge in [-0.05, 0) is 56.3 Å². The van der Waals surface area contributed by atoms with Crippen LogP contribution in [0, 0.1) is 0 Å². The Morgan fingerprint density at radius 2 is 0.750 bits per heavy atom. The summed E-state index contributed by atoms with van der Waals surface area (Å²) < 4.78 is 0. The average Bonchev–Trinajstić information content (AvgIpc) is 2.86. The molecule has 0 radical (unpaired) electrons. The molecule has 36 heavy (non-hydrogen) atoms. The number of ketones is 2. The SMILES string of the molecule is CC(C)(C)c1ccc(-c2cc3c(cc2-c2ccc(C(C)(C)C)cc2)C(=O)c2ccccc2C3=O)cc1. The maximum atomic E-state index is 13.5. The van der Waals surface area contributed by atoms with Crippen molar-refractivity contribution < 1.29 is 9.59 Å². The Morgan fingerprint density at radius 1 is 0.417 bits per heavy atom. The molecule has 0 saturated heterocycles. The molecule has 0 spiro atoms. The highest BCUT2D eigenvalue weighted by molar-refractivity contribution is 6.29. The van der Waals surface area contributed by atoms with Crippen molar-refractivity contribution in [3.63, 3.8) is 0 Å². The molecule has 0 aromatic heterocycles. The number of hydrogen-bond acceptors (Lipinski definition) is 2. The van der Waals surface area contributed by atoms with Gasteiger partial charge in [0.15, 0.2) is 11.6 Å². The molecule has 0 fully saturated rings. The lowest BCUT2D eigenvalue weighted by molar-refractivity contribution is 0.0979. The van der Waals surface area contributed by atoms with Crippen LogP contribution in [0.25, 0.3) is 22.3 Å². The van der Waals surface area contributed by atoms with Gasteiger partial charge in [-0.1, -0.05) is 114 Å². The van der Waals surface area contributed by atoms with Crippen LogP contribution in [0.3, 0.4) is 0 Å². The number of carbonyl (C=O) groups is 2. The number of fused-ring (bicyclic) bond motifs is 2. The van der Waals surface area contributed by atoms with Crippen LogP contribution in [0.2, 0.25) is 0 Å². The number of carbonyl (C=O) groups excluding carboxylic acids is 2. The summed E-state index contributed by atoms with van der Waals surface area (Å²) in [6.07, 6.45) is 0. The van der Waals surface area contributed by atoms with E-state index in [0.717, 1.165) is 22.3 Å². The topological polar surface area (TPSA) is 34.1 Å². The summed E-state index contributed by atoms with van der Waals surface area (Å²) in [6, 6.07) is 28.1. The van der Waals surface area contributed by atoms with Crippen molar-refractivity contribution in [2.45, 2.75) is 52.4 Å². The van der Waals surface area contributed by atoms with Gasteiger partial charge in [-0.25, -0.2) is 0 Å². The predicted molar refractivity (Wildman–Crippen MR) is 148 cm³/mol. The van der Waals surface area contributed by atoms with E-state index >= 15 is 0 Å². The molecule has 0 aliphatic heterocycles. The lowest BCUT2D eigenvalue weighted by atomic mass is 9.79. The van der Waals surface area contributed by atoms with Crippen LogP contribution in [-0.2, 0) is 10.8 Å². The number of rotatable bonds is 2. The first-order valence-electron chi connectivity index (χ1n) is 12.5. The lowest BCUT2D eigenvalue weighted by Gasteiger charge is -2.23. The van der Waals surface area contributed by atoms with E-state index in [9.17, 15) is 9.59 Å². The predicted octanol–water partition coefficient (Wildman–Crippen LogP) is 8.39. The Balaban J connectivity index is 1.73. The Kier molecular flexibility index (Phi) is 5.59. The fraction of sp³-hybridized carbons (Fsp3) is 0.235. The van der Waals surface area contributed by atoms with Crippen LogP contribution in [0.15, 0.2) is 84.9 Å². The van der Waals surface area contributed by atoms with Gasteiger partial charge in [0.2, 0.25) is 0 Å². The second-order valence-corrected chi connectivity index (χ2v) is 11.8. The first-order chi connectivity index (χ1) is 16.9. The lowest BCUT2D eigenvalue weighted by Crippen LogP contribution is -2.21. The third-order valence-electron chi connectivity index (χ3n) is 7.19. The second kappa shape index (κ2) is 8.41. The zero-order valence-corrected chi connectivity index (χ0v) is 21.9. The van der Waals surface area contributed by atoms with E-state index in [2.05, 4.69) is 90.1 Å². The largest absolute Gasteiger partial charge is 0.289 e. The molecule has 2 heteroatoms. The highest BCUT2D eigenvalue weighted by Gasteiger charge is 2.31. The van der Waals surface area contributed by atoms with Gasteiger partial charge in [0.1, 0.15) is 0 Å². The minimum Gasteiger partial charge on any atom is -0.289 e. The van der Waals surface area contributed by atoms with Crippen molar-refractivity contribution in [2.24, 2.45) is 0 Å². The standard InChI is InChI=1S/C34H32O2/c1-33(2,3)23-15-11-21(12-16-23)27-19-29-30(32(36)26-10-8-7-9-25(26)31(29)35)20-28(27)22-13-17-24(18-14-22)34(4,5)6/h7-20H,1-6H3. The summed E-state index contributed by atoms with van der Waals surface area (Å²) in [6.45, 7) is 13.2. The minimum absolute atomic E-state index is 0.0477. The van der Waals surface area contributed by atoms with Crippen LogP contribution >= 0.6 is 0 Å². The van der Waals surface area contributed by atoms with Gasteiger partial charge in [-0.15, -0.1) is 0 Å². The fourth-order valence-electron chi connectivity index (χ4n) is 4.92. The summed E-state index contributed by atoms with van der Waals surface area (Å²) in [4.78, 5) is 26.9. The van der Waals surface area contributed by atoms with Gasteiger partial charge >= 0.3 is 0 Å². The van der Waals surface area contributed by atoms with E-state index in [1.807, 2.05) is 24.3 Å². The highest BCUT2D eigenvalue weighted by Crippen LogP contribution is 2.39. The van der Waals surface area contributed by atoms with E-state index in [0.29, 0.717) is 22.3 Å². The molecule has 4 aromatic carbocycles. The molecular weight excluding hydrogens is 440 g/mol. The number of benzene rings is 4. The molecule has 2 nitrogen and oxygen atoms in total. The third-order valence-corrected chi connectivity index (χ3v) is 7.19. The second-order valence-electron chi connectivity index (χ2n) is 11.8. The van der Waals surface area contributed by atoms with Crippen molar-refractivity contribution in [1.82, 2.24) is 0 Å². The molecule has 0 N–H and O–H groups in total. The Morgan fingerprint density at radius 3 is 1.06 bits per heavy atom. The van der Waals surface area contributed by atoms with E-state index in [1.54, 1.807) is 12.1 Å². The minimum atomic E-state index is -0.0950. The zero-order chi connectivity index (χ0) is 25.8. The van der Waals surface area contributed by atoms with Crippen LogP contribution in [0.5, 0.6) is 0 Å². The summed E-state index contributed by atoms with van der Waals surface area (Å²) in [5, 5.41) is 0. The molecule has 4 aromatic rings. The Hall–Kier alpha value is -3.78. The van der Waals surface area contributed by atoms with E-state index < -0.39 is 0 Å². The van der Waals surface area contributed by atoms with Crippen LogP contribution in [0.4, 0.5) is 0 Å². The Bertz CT molecular complexity index is 1370. The molecule has 0 unspecified atom stereocenters. The van der Waals surface area contributed by atoms with E-state index in [4.69, 9.17) is 0 Å². The molecule has 0 amide bonds. The summed E-state index contributed by atoms with van der Waals surface area (Å²) in [5.41, 5.74) is 8.47. The quantitative estimate of drug-likeness (QED) is 0.258. The molecule has 1 aliphatic carbocycles. The van der Waals surface area contributed by atoms with Crippen LogP contribution in [-0.4, -0.2) is 11.6 Å². The average molecular weight is 473 g/mol. The smallest absolute Gasteiger partial charge is 0.194 e.